The fraction of sp³-hybridized carbons (Fsp3) is 0. The Balaban J connectivity index is 2.15. The van der Waals surface area contributed by atoms with Gasteiger partial charge >= 0.3 is 0 Å². The average molecular weight is 378 g/mol. The largest absolute Gasteiger partial charge is 0.471 e. The lowest BCUT2D eigenvalue weighted by Gasteiger charge is -2.05. The van der Waals surface area contributed by atoms with E-state index in [1.165, 1.54) is 0 Å². The van der Waals surface area contributed by atoms with Crippen LogP contribution in [0.3, 0.4) is 0 Å². The highest BCUT2D eigenvalue weighted by molar-refractivity contribution is 9.11. The van der Waals surface area contributed by atoms with Gasteiger partial charge in [0.25, 0.3) is 0 Å². The first kappa shape index (κ1) is 12.7. The van der Waals surface area contributed by atoms with Crippen LogP contribution in [0.4, 0.5) is 0 Å². The minimum Gasteiger partial charge on any atom is -0.471 e. The molecule has 0 atom stereocenters. The van der Waals surface area contributed by atoms with Gasteiger partial charge in [-0.25, -0.2) is 0 Å². The van der Waals surface area contributed by atoms with E-state index in [0.29, 0.717) is 0 Å². The van der Waals surface area contributed by atoms with Crippen molar-refractivity contribution in [3.05, 3.63) is 70.0 Å². The Morgan fingerprint density at radius 1 is 0.684 bits per heavy atom. The van der Waals surface area contributed by atoms with Crippen molar-refractivity contribution < 1.29 is 4.42 Å². The van der Waals surface area contributed by atoms with Crippen LogP contribution in [0.15, 0.2) is 74.4 Å². The molecule has 94 valence electrons. The Morgan fingerprint density at radius 3 is 1.89 bits per heavy atom. The van der Waals surface area contributed by atoms with E-state index in [-0.39, 0.29) is 0 Å². The number of hydrogen-bond acceptors (Lipinski definition) is 1. The zero-order valence-electron chi connectivity index (χ0n) is 9.94. The van der Waals surface area contributed by atoms with E-state index in [9.17, 15) is 0 Å². The number of furan rings is 1. The Hall–Kier alpha value is -1.32. The molecule has 0 saturated heterocycles. The van der Waals surface area contributed by atoms with Gasteiger partial charge < -0.3 is 4.42 Å². The third-order valence-corrected chi connectivity index (χ3v) is 3.84. The van der Waals surface area contributed by atoms with Crippen LogP contribution < -0.4 is 0 Å². The van der Waals surface area contributed by atoms with Crippen LogP contribution in [0.1, 0.15) is 0 Å². The minimum atomic E-state index is 1.04. The summed E-state index contributed by atoms with van der Waals surface area (Å²) in [5, 5.41) is 0. The molecule has 0 saturated carbocycles. The molecule has 1 nitrogen and oxygen atoms in total. The molecule has 2 aromatic carbocycles. The molecule has 0 unspecified atom stereocenters. The van der Waals surface area contributed by atoms with Gasteiger partial charge in [0.15, 0.2) is 0 Å². The highest BCUT2D eigenvalue weighted by Crippen LogP contribution is 2.35. The molecule has 0 amide bonds. The lowest BCUT2D eigenvalue weighted by atomic mass is 9.99. The van der Waals surface area contributed by atoms with Gasteiger partial charge in [-0.2, -0.15) is 0 Å². The van der Waals surface area contributed by atoms with Crippen molar-refractivity contribution in [2.24, 2.45) is 0 Å². The summed E-state index contributed by atoms with van der Waals surface area (Å²) in [6.45, 7) is 0. The predicted octanol–water partition coefficient (Wildman–Crippen LogP) is 6.14. The first-order valence-corrected chi connectivity index (χ1v) is 7.41. The van der Waals surface area contributed by atoms with Crippen LogP contribution in [0, 0.1) is 0 Å². The molecule has 0 aliphatic rings. The van der Waals surface area contributed by atoms with E-state index in [0.717, 1.165) is 31.2 Å². The summed E-state index contributed by atoms with van der Waals surface area (Å²) in [4.78, 5) is 0. The standard InChI is InChI=1S/C16H10Br2O/c17-13-6-12(7-14(18)8-13)16-10-19-9-15(16)11-4-2-1-3-5-11/h1-10H. The molecule has 0 N–H and O–H groups in total. The van der Waals surface area contributed by atoms with Crippen molar-refractivity contribution in [3.63, 3.8) is 0 Å². The Morgan fingerprint density at radius 2 is 1.26 bits per heavy atom. The summed E-state index contributed by atoms with van der Waals surface area (Å²) < 4.78 is 7.48. The summed E-state index contributed by atoms with van der Waals surface area (Å²) >= 11 is 7.04. The number of benzene rings is 2. The van der Waals surface area contributed by atoms with E-state index in [1.807, 2.05) is 24.3 Å². The second-order valence-electron chi connectivity index (χ2n) is 4.22. The molecule has 19 heavy (non-hydrogen) atoms. The maximum Gasteiger partial charge on any atom is 0.0987 e. The summed E-state index contributed by atoms with van der Waals surface area (Å²) in [6, 6.07) is 16.4. The normalized spacial score (nSPS) is 10.6. The molecule has 0 spiro atoms. The lowest BCUT2D eigenvalue weighted by molar-refractivity contribution is 0.569. The minimum absolute atomic E-state index is 1.04. The third kappa shape index (κ3) is 2.67. The van der Waals surface area contributed by atoms with Gasteiger partial charge in [0.05, 0.1) is 12.5 Å². The highest BCUT2D eigenvalue weighted by Gasteiger charge is 2.10. The Labute approximate surface area is 128 Å². The monoisotopic (exact) mass is 376 g/mol. The topological polar surface area (TPSA) is 13.1 Å². The zero-order chi connectivity index (χ0) is 13.2. The molecule has 1 heterocycles. The van der Waals surface area contributed by atoms with Gasteiger partial charge in [0.1, 0.15) is 0 Å². The van der Waals surface area contributed by atoms with Gasteiger partial charge in [-0.1, -0.05) is 62.2 Å². The van der Waals surface area contributed by atoms with Crippen LogP contribution in [0.5, 0.6) is 0 Å². The molecule has 0 aliphatic carbocycles. The molecular weight excluding hydrogens is 368 g/mol. The quantitative estimate of drug-likeness (QED) is 0.522. The average Bonchev–Trinajstić information content (AvgIpc) is 2.88. The van der Waals surface area contributed by atoms with E-state index < -0.39 is 0 Å². The molecular formula is C16H10Br2O. The summed E-state index contributed by atoms with van der Waals surface area (Å²) in [5.41, 5.74) is 4.47. The van der Waals surface area contributed by atoms with Gasteiger partial charge in [-0.15, -0.1) is 0 Å². The first-order valence-electron chi connectivity index (χ1n) is 5.82. The lowest BCUT2D eigenvalue weighted by Crippen LogP contribution is -1.81. The number of rotatable bonds is 2. The van der Waals surface area contributed by atoms with Gasteiger partial charge in [0.2, 0.25) is 0 Å². The number of hydrogen-bond donors (Lipinski definition) is 0. The molecule has 3 rings (SSSR count). The van der Waals surface area contributed by atoms with Crippen molar-refractivity contribution in [3.8, 4) is 22.3 Å². The van der Waals surface area contributed by atoms with Crippen molar-refractivity contribution in [1.82, 2.24) is 0 Å². The SMILES string of the molecule is Brc1cc(Br)cc(-c2cocc2-c2ccccc2)c1. The molecule has 0 bridgehead atoms. The van der Waals surface area contributed by atoms with Crippen LogP contribution in [0.25, 0.3) is 22.3 Å². The van der Waals surface area contributed by atoms with E-state index in [2.05, 4.69) is 56.1 Å². The maximum absolute atomic E-state index is 5.40. The maximum atomic E-state index is 5.40. The summed E-state index contributed by atoms with van der Waals surface area (Å²) in [6.07, 6.45) is 3.58. The van der Waals surface area contributed by atoms with E-state index in [4.69, 9.17) is 4.42 Å². The molecule has 1 aromatic heterocycles. The zero-order valence-corrected chi connectivity index (χ0v) is 13.1. The van der Waals surface area contributed by atoms with Crippen LogP contribution in [0.2, 0.25) is 0 Å². The molecule has 0 radical (unpaired) electrons. The van der Waals surface area contributed by atoms with Crippen molar-refractivity contribution in [2.45, 2.75) is 0 Å². The van der Waals surface area contributed by atoms with Gasteiger partial charge in [-0.3, -0.25) is 0 Å². The van der Waals surface area contributed by atoms with E-state index >= 15 is 0 Å². The third-order valence-electron chi connectivity index (χ3n) is 2.92. The van der Waals surface area contributed by atoms with Crippen molar-refractivity contribution >= 4 is 31.9 Å². The molecule has 0 fully saturated rings. The summed E-state index contributed by atoms with van der Waals surface area (Å²) in [7, 11) is 0. The van der Waals surface area contributed by atoms with Crippen LogP contribution >= 0.6 is 31.9 Å². The fourth-order valence-electron chi connectivity index (χ4n) is 2.07. The van der Waals surface area contributed by atoms with E-state index in [1.54, 1.807) is 12.5 Å². The van der Waals surface area contributed by atoms with Crippen LogP contribution in [-0.4, -0.2) is 0 Å². The van der Waals surface area contributed by atoms with Crippen LogP contribution in [-0.2, 0) is 0 Å². The highest BCUT2D eigenvalue weighted by atomic mass is 79.9. The molecule has 3 aromatic rings. The number of halogens is 2. The van der Waals surface area contributed by atoms with Crippen molar-refractivity contribution in [2.75, 3.05) is 0 Å². The smallest absolute Gasteiger partial charge is 0.0987 e. The second-order valence-corrected chi connectivity index (χ2v) is 6.05. The molecule has 3 heteroatoms. The summed E-state index contributed by atoms with van der Waals surface area (Å²) in [5.74, 6) is 0. The second kappa shape index (κ2) is 5.35. The molecule has 0 aliphatic heterocycles. The Kier molecular flexibility index (Phi) is 3.58. The predicted molar refractivity (Wildman–Crippen MR) is 85.0 cm³/mol. The Bertz CT molecular complexity index is 682. The van der Waals surface area contributed by atoms with Crippen molar-refractivity contribution in [1.29, 1.82) is 0 Å². The van der Waals surface area contributed by atoms with Gasteiger partial charge in [-0.05, 0) is 29.3 Å². The first-order chi connectivity index (χ1) is 9.24. The van der Waals surface area contributed by atoms with Gasteiger partial charge in [0, 0.05) is 20.1 Å². The fourth-order valence-corrected chi connectivity index (χ4v) is 3.36.